The van der Waals surface area contributed by atoms with E-state index < -0.39 is 24.3 Å². The van der Waals surface area contributed by atoms with Crippen LogP contribution < -0.4 is 4.90 Å². The average molecular weight is 566 g/mol. The fraction of sp³-hybridized carbons (Fsp3) is 0.304. The summed E-state index contributed by atoms with van der Waals surface area (Å²) >= 11 is 0. The first-order chi connectivity index (χ1) is 18.0. The smallest absolute Gasteiger partial charge is 0.475 e. The molecule has 1 fully saturated rings. The largest absolute Gasteiger partial charge is 0.490 e. The highest BCUT2D eigenvalue weighted by molar-refractivity contribution is 5.93. The second-order valence-electron chi connectivity index (χ2n) is 7.96. The summed E-state index contributed by atoms with van der Waals surface area (Å²) in [5, 5.41) is 14.2. The minimum absolute atomic E-state index is 0.0416. The van der Waals surface area contributed by atoms with Crippen molar-refractivity contribution in [3.8, 4) is 0 Å². The number of carboxylic acid groups (broad SMARTS) is 2. The molecule has 0 aliphatic carbocycles. The number of anilines is 1. The van der Waals surface area contributed by atoms with E-state index in [1.54, 1.807) is 18.3 Å². The van der Waals surface area contributed by atoms with Gasteiger partial charge in [-0.3, -0.25) is 4.79 Å². The van der Waals surface area contributed by atoms with Crippen LogP contribution in [0.1, 0.15) is 16.1 Å². The Labute approximate surface area is 215 Å². The number of pyridine rings is 1. The van der Waals surface area contributed by atoms with Crippen molar-refractivity contribution in [2.24, 2.45) is 0 Å². The molecule has 1 amide bonds. The summed E-state index contributed by atoms with van der Waals surface area (Å²) in [6.45, 7) is 4.71. The topological polar surface area (TPSA) is 115 Å². The van der Waals surface area contributed by atoms with Crippen LogP contribution in [0.2, 0.25) is 0 Å². The van der Waals surface area contributed by atoms with Crippen LogP contribution in [0, 0.1) is 12.7 Å². The number of fused-ring (bicyclic) bond motifs is 1. The lowest BCUT2D eigenvalue weighted by atomic mass is 10.2. The minimum atomic E-state index is -5.08. The zero-order chi connectivity index (χ0) is 29.5. The molecule has 1 aromatic carbocycles. The molecule has 1 aliphatic rings. The van der Waals surface area contributed by atoms with Crippen molar-refractivity contribution in [1.82, 2.24) is 14.3 Å². The molecule has 1 saturated heterocycles. The van der Waals surface area contributed by atoms with Gasteiger partial charge in [0.25, 0.3) is 5.91 Å². The number of rotatable bonds is 2. The lowest BCUT2D eigenvalue weighted by Gasteiger charge is -2.35. The Morgan fingerprint density at radius 2 is 1.33 bits per heavy atom. The van der Waals surface area contributed by atoms with E-state index >= 15 is 0 Å². The predicted molar refractivity (Wildman–Crippen MR) is 122 cm³/mol. The molecule has 3 heterocycles. The van der Waals surface area contributed by atoms with E-state index in [0.717, 1.165) is 30.0 Å². The Kier molecular flexibility index (Phi) is 9.85. The zero-order valence-corrected chi connectivity index (χ0v) is 20.0. The number of aliphatic carboxylic acids is 2. The third-order valence-electron chi connectivity index (χ3n) is 5.08. The molecule has 9 nitrogen and oxygen atoms in total. The van der Waals surface area contributed by atoms with Crippen LogP contribution in [-0.2, 0) is 9.59 Å². The molecule has 3 aromatic rings. The predicted octanol–water partition coefficient (Wildman–Crippen LogP) is 4.01. The summed E-state index contributed by atoms with van der Waals surface area (Å²) in [5.41, 5.74) is 3.36. The van der Waals surface area contributed by atoms with E-state index in [-0.39, 0.29) is 11.7 Å². The Bertz CT molecular complexity index is 1270. The Morgan fingerprint density at radius 1 is 0.846 bits per heavy atom. The van der Waals surface area contributed by atoms with Crippen molar-refractivity contribution in [2.45, 2.75) is 19.3 Å². The van der Waals surface area contributed by atoms with Crippen molar-refractivity contribution in [3.63, 3.8) is 0 Å². The molecule has 0 saturated carbocycles. The molecule has 0 atom stereocenters. The van der Waals surface area contributed by atoms with Crippen LogP contribution in [0.4, 0.5) is 36.4 Å². The van der Waals surface area contributed by atoms with Crippen LogP contribution >= 0.6 is 0 Å². The first-order valence-corrected chi connectivity index (χ1v) is 10.8. The number of piperazine rings is 1. The minimum Gasteiger partial charge on any atom is -0.475 e. The van der Waals surface area contributed by atoms with Gasteiger partial charge >= 0.3 is 24.3 Å². The summed E-state index contributed by atoms with van der Waals surface area (Å²) in [5.74, 6) is -5.79. The number of carboxylic acids is 2. The van der Waals surface area contributed by atoms with E-state index in [2.05, 4.69) is 9.88 Å². The number of hydrogen-bond donors (Lipinski definition) is 2. The molecule has 1 aliphatic heterocycles. The molecular weight excluding hydrogens is 545 g/mol. The maximum atomic E-state index is 13.0. The Balaban J connectivity index is 0.000000317. The van der Waals surface area contributed by atoms with E-state index in [1.807, 2.05) is 34.6 Å². The van der Waals surface area contributed by atoms with Crippen molar-refractivity contribution < 1.29 is 55.3 Å². The second-order valence-corrected chi connectivity index (χ2v) is 7.96. The number of alkyl halides is 6. The quantitative estimate of drug-likeness (QED) is 0.451. The molecule has 212 valence electrons. The van der Waals surface area contributed by atoms with Crippen molar-refractivity contribution in [1.29, 1.82) is 0 Å². The third kappa shape index (κ3) is 9.15. The van der Waals surface area contributed by atoms with Crippen molar-refractivity contribution >= 4 is 29.2 Å². The number of amides is 1. The number of imidazole rings is 1. The van der Waals surface area contributed by atoms with Gasteiger partial charge in [0, 0.05) is 44.3 Å². The van der Waals surface area contributed by atoms with Gasteiger partial charge in [0.15, 0.2) is 0 Å². The molecule has 0 bridgehead atoms. The molecule has 0 spiro atoms. The van der Waals surface area contributed by atoms with Gasteiger partial charge in [-0.15, -0.1) is 0 Å². The molecule has 0 radical (unpaired) electrons. The van der Waals surface area contributed by atoms with Crippen molar-refractivity contribution in [3.05, 3.63) is 65.9 Å². The lowest BCUT2D eigenvalue weighted by Crippen LogP contribution is -2.48. The molecule has 2 aromatic heterocycles. The number of aromatic nitrogens is 2. The average Bonchev–Trinajstić information content (AvgIpc) is 3.27. The van der Waals surface area contributed by atoms with Crippen LogP contribution in [-0.4, -0.2) is 80.9 Å². The highest BCUT2D eigenvalue weighted by Crippen LogP contribution is 2.18. The number of halogens is 7. The summed E-state index contributed by atoms with van der Waals surface area (Å²) in [6.07, 6.45) is -6.47. The van der Waals surface area contributed by atoms with E-state index in [4.69, 9.17) is 19.8 Å². The summed E-state index contributed by atoms with van der Waals surface area (Å²) in [4.78, 5) is 39.0. The summed E-state index contributed by atoms with van der Waals surface area (Å²) < 4.78 is 78.4. The number of hydrogen-bond acceptors (Lipinski definition) is 5. The van der Waals surface area contributed by atoms with Gasteiger partial charge < -0.3 is 24.4 Å². The van der Waals surface area contributed by atoms with E-state index in [9.17, 15) is 35.5 Å². The molecule has 16 heteroatoms. The van der Waals surface area contributed by atoms with Gasteiger partial charge in [-0.05, 0) is 48.9 Å². The highest BCUT2D eigenvalue weighted by Gasteiger charge is 2.38. The molecular formula is C23H21F7N4O5. The monoisotopic (exact) mass is 566 g/mol. The van der Waals surface area contributed by atoms with E-state index in [0.29, 0.717) is 18.8 Å². The van der Waals surface area contributed by atoms with Gasteiger partial charge in [-0.1, -0.05) is 0 Å². The normalized spacial score (nSPS) is 13.6. The Morgan fingerprint density at radius 3 is 1.79 bits per heavy atom. The number of nitrogens with zero attached hydrogens (tertiary/aromatic N) is 4. The first kappa shape index (κ1) is 30.9. The number of carbonyl (C=O) groups is 3. The highest BCUT2D eigenvalue weighted by atomic mass is 19.4. The first-order valence-electron chi connectivity index (χ1n) is 10.8. The molecule has 0 unspecified atom stereocenters. The molecule has 39 heavy (non-hydrogen) atoms. The van der Waals surface area contributed by atoms with Gasteiger partial charge in [0.05, 0.1) is 0 Å². The maximum Gasteiger partial charge on any atom is 0.490 e. The zero-order valence-electron chi connectivity index (χ0n) is 20.0. The van der Waals surface area contributed by atoms with E-state index in [1.165, 1.54) is 12.1 Å². The van der Waals surface area contributed by atoms with Gasteiger partial charge in [0.1, 0.15) is 17.2 Å². The molecule has 4 rings (SSSR count). The molecule has 2 N–H and O–H groups in total. The fourth-order valence-electron chi connectivity index (χ4n) is 3.17. The van der Waals surface area contributed by atoms with Gasteiger partial charge in [0.2, 0.25) is 0 Å². The van der Waals surface area contributed by atoms with Crippen molar-refractivity contribution in [2.75, 3.05) is 31.1 Å². The Hall–Kier alpha value is -4.37. The summed E-state index contributed by atoms with van der Waals surface area (Å²) in [6, 6.07) is 10.4. The number of benzene rings is 1. The fourth-order valence-corrected chi connectivity index (χ4v) is 3.17. The lowest BCUT2D eigenvalue weighted by molar-refractivity contribution is -0.193. The van der Waals surface area contributed by atoms with Gasteiger partial charge in [-0.2, -0.15) is 26.3 Å². The van der Waals surface area contributed by atoms with Crippen LogP contribution in [0.25, 0.3) is 5.65 Å². The number of carbonyl (C=O) groups excluding carboxylic acids is 1. The second kappa shape index (κ2) is 12.4. The number of aryl methyl sites for hydroxylation is 1. The summed E-state index contributed by atoms with van der Waals surface area (Å²) in [7, 11) is 0. The third-order valence-corrected chi connectivity index (χ3v) is 5.08. The van der Waals surface area contributed by atoms with Crippen LogP contribution in [0.15, 0.2) is 48.8 Å². The maximum absolute atomic E-state index is 13.0. The van der Waals surface area contributed by atoms with Crippen LogP contribution in [0.3, 0.4) is 0 Å². The SMILES string of the molecule is Cc1ccn2cc(C(=O)N3CCN(c4ccc(F)cc4)CC3)nc2c1.O=C(O)C(F)(F)F.O=C(O)C(F)(F)F. The standard InChI is InChI=1S/C19H19FN4O.2C2HF3O2/c1-14-6-7-24-13-17(21-18(24)12-14)19(25)23-10-8-22(9-11-23)16-4-2-15(20)3-5-16;2*3-2(4,5)1(6)7/h2-7,12-13H,8-11H2,1H3;2*(H,6,7). The van der Waals surface area contributed by atoms with Crippen LogP contribution in [0.5, 0.6) is 0 Å². The van der Waals surface area contributed by atoms with Gasteiger partial charge in [-0.25, -0.2) is 19.0 Å².